The van der Waals surface area contributed by atoms with Gasteiger partial charge in [0.25, 0.3) is 0 Å². The van der Waals surface area contributed by atoms with Crippen molar-refractivity contribution in [3.8, 4) is 11.5 Å². The molecule has 4 atom stereocenters. The van der Waals surface area contributed by atoms with Crippen LogP contribution < -0.4 is 9.47 Å². The predicted molar refractivity (Wildman–Crippen MR) is 204 cm³/mol. The maximum absolute atomic E-state index is 12.8. The average molecular weight is 655 g/mol. The van der Waals surface area contributed by atoms with Gasteiger partial charge in [-0.25, -0.2) is 0 Å². The van der Waals surface area contributed by atoms with E-state index in [4.69, 9.17) is 9.47 Å². The fraction of sp³-hybridized carbons (Fsp3) is 0.841. The Bertz CT molecular complexity index is 965. The molecule has 0 N–H and O–H groups in total. The van der Waals surface area contributed by atoms with Gasteiger partial charge in [-0.3, -0.25) is 4.79 Å². The van der Waals surface area contributed by atoms with E-state index < -0.39 is 0 Å². The largest absolute Gasteiger partial charge is 0.490 e. The predicted octanol–water partition coefficient (Wildman–Crippen LogP) is 14.1. The van der Waals surface area contributed by atoms with E-state index in [2.05, 4.69) is 61.5 Å². The van der Waals surface area contributed by atoms with Crippen LogP contribution >= 0.6 is 0 Å². The summed E-state index contributed by atoms with van der Waals surface area (Å²) in [4.78, 5) is 12.8. The molecule has 47 heavy (non-hydrogen) atoms. The van der Waals surface area contributed by atoms with Crippen LogP contribution in [0.25, 0.3) is 0 Å². The lowest BCUT2D eigenvalue weighted by atomic mass is 9.84. The van der Waals surface area contributed by atoms with Crippen LogP contribution in [0.4, 0.5) is 0 Å². The molecule has 0 fully saturated rings. The average Bonchev–Trinajstić information content (AvgIpc) is 3.02. The van der Waals surface area contributed by atoms with Crippen molar-refractivity contribution in [1.82, 2.24) is 0 Å². The summed E-state index contributed by atoms with van der Waals surface area (Å²) in [6.45, 7) is 18.3. The number of unbranched alkanes of at least 4 members (excludes halogenated alkanes) is 12. The molecule has 0 spiro atoms. The van der Waals surface area contributed by atoms with Crippen molar-refractivity contribution in [3.63, 3.8) is 0 Å². The lowest BCUT2D eigenvalue weighted by Gasteiger charge is -2.33. The number of ether oxygens (including phenoxy) is 2. The summed E-state index contributed by atoms with van der Waals surface area (Å²) in [5, 5.41) is 0. The summed E-state index contributed by atoms with van der Waals surface area (Å²) in [5.74, 6) is 4.71. The van der Waals surface area contributed by atoms with Crippen molar-refractivity contribution in [2.75, 3.05) is 0 Å². The van der Waals surface area contributed by atoms with Gasteiger partial charge in [0, 0.05) is 6.42 Å². The lowest BCUT2D eigenvalue weighted by molar-refractivity contribution is -0.134. The van der Waals surface area contributed by atoms with E-state index in [1.165, 1.54) is 134 Å². The molecule has 0 aromatic heterocycles. The smallest absolute Gasteiger partial charge is 0.311 e. The van der Waals surface area contributed by atoms with Crippen LogP contribution in [0.3, 0.4) is 0 Å². The first-order valence-electron chi connectivity index (χ1n) is 20.6. The molecule has 1 aromatic rings. The molecule has 2 rings (SSSR count). The maximum atomic E-state index is 12.8. The zero-order chi connectivity index (χ0) is 34.4. The third kappa shape index (κ3) is 17.6. The van der Waals surface area contributed by atoms with E-state index in [0.717, 1.165) is 59.6 Å². The second kappa shape index (κ2) is 24.6. The number of benzene rings is 1. The van der Waals surface area contributed by atoms with Crippen molar-refractivity contribution >= 4 is 5.97 Å². The molecule has 272 valence electrons. The molecular formula is C44H78O3. The molecule has 3 nitrogen and oxygen atoms in total. The Morgan fingerprint density at radius 2 is 1.23 bits per heavy atom. The summed E-state index contributed by atoms with van der Waals surface area (Å²) in [6.07, 6.45) is 30.9. The van der Waals surface area contributed by atoms with Gasteiger partial charge in [0.05, 0.1) is 6.10 Å². The highest BCUT2D eigenvalue weighted by atomic mass is 16.5. The molecule has 0 saturated heterocycles. The summed E-state index contributed by atoms with van der Waals surface area (Å²) < 4.78 is 12.5. The highest BCUT2D eigenvalue weighted by Crippen LogP contribution is 2.41. The third-order valence-corrected chi connectivity index (χ3v) is 11.2. The zero-order valence-electron chi connectivity index (χ0n) is 32.7. The van der Waals surface area contributed by atoms with Crippen LogP contribution in [-0.2, 0) is 11.2 Å². The highest BCUT2D eigenvalue weighted by Gasteiger charge is 2.29. The summed E-state index contributed by atoms with van der Waals surface area (Å²) in [7, 11) is 0. The molecule has 0 saturated carbocycles. The van der Waals surface area contributed by atoms with Crippen LogP contribution in [0, 0.1) is 37.5 Å². The van der Waals surface area contributed by atoms with Gasteiger partial charge in [-0.2, -0.15) is 0 Å². The quantitative estimate of drug-likeness (QED) is 0.0538. The molecule has 1 aromatic carbocycles. The number of fused-ring (bicyclic) bond motifs is 1. The fourth-order valence-electron chi connectivity index (χ4n) is 7.58. The molecule has 4 unspecified atom stereocenters. The van der Waals surface area contributed by atoms with E-state index in [9.17, 15) is 4.79 Å². The van der Waals surface area contributed by atoms with Crippen LogP contribution in [-0.4, -0.2) is 12.1 Å². The maximum Gasteiger partial charge on any atom is 0.311 e. The van der Waals surface area contributed by atoms with Gasteiger partial charge < -0.3 is 9.47 Å². The molecule has 0 aliphatic carbocycles. The Morgan fingerprint density at radius 1 is 0.723 bits per heavy atom. The topological polar surface area (TPSA) is 35.5 Å². The van der Waals surface area contributed by atoms with E-state index in [1.54, 1.807) is 0 Å². The third-order valence-electron chi connectivity index (χ3n) is 11.2. The van der Waals surface area contributed by atoms with Gasteiger partial charge in [0.2, 0.25) is 0 Å². The van der Waals surface area contributed by atoms with E-state index >= 15 is 0 Å². The molecule has 0 amide bonds. The molecule has 1 aliphatic rings. The van der Waals surface area contributed by atoms with E-state index in [1.807, 2.05) is 0 Å². The summed E-state index contributed by atoms with van der Waals surface area (Å²) >= 11 is 0. The number of esters is 1. The normalized spacial score (nSPS) is 17.4. The molecule has 3 heteroatoms. The minimum absolute atomic E-state index is 0.0869. The lowest BCUT2D eigenvalue weighted by Crippen LogP contribution is -2.31. The number of carbonyl (C=O) groups excluding carboxylic acids is 1. The number of hydrogen-bond acceptors (Lipinski definition) is 3. The molecule has 1 aliphatic heterocycles. The van der Waals surface area contributed by atoms with Crippen LogP contribution in [0.15, 0.2) is 6.07 Å². The Balaban J connectivity index is 1.67. The first-order valence-corrected chi connectivity index (χ1v) is 20.6. The van der Waals surface area contributed by atoms with Crippen molar-refractivity contribution < 1.29 is 14.3 Å². The number of rotatable bonds is 27. The summed E-state index contributed by atoms with van der Waals surface area (Å²) in [6, 6.07) is 2.11. The van der Waals surface area contributed by atoms with Crippen LogP contribution in [0.5, 0.6) is 11.5 Å². The Morgan fingerprint density at radius 3 is 1.79 bits per heavy atom. The zero-order valence-corrected chi connectivity index (χ0v) is 32.7. The van der Waals surface area contributed by atoms with Gasteiger partial charge in [0.15, 0.2) is 0 Å². The van der Waals surface area contributed by atoms with Crippen LogP contribution in [0.1, 0.15) is 206 Å². The SMILES string of the molecule is CCCCCCCCCCCCCCCC(=O)Oc1cc2c(c(C)c1C)OC(C)C(CCCC(C)CCCC(C)CCCC(C)C)C2. The van der Waals surface area contributed by atoms with Gasteiger partial charge >= 0.3 is 5.97 Å². The number of carbonyl (C=O) groups is 1. The minimum atomic E-state index is -0.0869. The fourth-order valence-corrected chi connectivity index (χ4v) is 7.58. The van der Waals surface area contributed by atoms with E-state index in [-0.39, 0.29) is 12.1 Å². The molecule has 1 heterocycles. The van der Waals surface area contributed by atoms with Gasteiger partial charge in [0.1, 0.15) is 11.5 Å². The Labute approximate surface area is 293 Å². The highest BCUT2D eigenvalue weighted by molar-refractivity contribution is 5.73. The number of hydrogen-bond donors (Lipinski definition) is 0. The Kier molecular flexibility index (Phi) is 21.8. The van der Waals surface area contributed by atoms with Crippen molar-refractivity contribution in [3.05, 3.63) is 22.8 Å². The second-order valence-electron chi connectivity index (χ2n) is 16.3. The van der Waals surface area contributed by atoms with Crippen LogP contribution in [0.2, 0.25) is 0 Å². The monoisotopic (exact) mass is 655 g/mol. The van der Waals surface area contributed by atoms with Crippen molar-refractivity contribution in [1.29, 1.82) is 0 Å². The first kappa shape index (κ1) is 41.7. The van der Waals surface area contributed by atoms with E-state index in [0.29, 0.717) is 12.3 Å². The molecule has 0 bridgehead atoms. The first-order chi connectivity index (χ1) is 22.6. The second-order valence-corrected chi connectivity index (χ2v) is 16.3. The van der Waals surface area contributed by atoms with Crippen molar-refractivity contribution in [2.24, 2.45) is 23.7 Å². The summed E-state index contributed by atoms with van der Waals surface area (Å²) in [5.41, 5.74) is 3.39. The van der Waals surface area contributed by atoms with Gasteiger partial charge in [-0.1, -0.05) is 163 Å². The molecule has 0 radical (unpaired) electrons. The molecular weight excluding hydrogens is 576 g/mol. The minimum Gasteiger partial charge on any atom is -0.490 e. The van der Waals surface area contributed by atoms with Crippen molar-refractivity contribution in [2.45, 2.75) is 216 Å². The van der Waals surface area contributed by atoms with Gasteiger partial charge in [-0.05, 0) is 86.5 Å². The van der Waals surface area contributed by atoms with Gasteiger partial charge in [-0.15, -0.1) is 0 Å². The standard InChI is InChI=1S/C44H78O3/c1-9-10-11-12-13-14-15-16-17-18-19-20-21-31-43(45)47-42-33-41-32-40(39(8)46-44(41)38(7)37(42)6)30-24-29-36(5)28-23-27-35(4)26-22-25-34(2)3/h33-36,39-40H,9-32H2,1-8H3. The Hall–Kier alpha value is -1.51.